The molecular weight excluding hydrogens is 368 g/mol. The van der Waals surface area contributed by atoms with Crippen molar-refractivity contribution in [3.63, 3.8) is 0 Å². The molecule has 5 atom stereocenters. The van der Waals surface area contributed by atoms with E-state index in [0.717, 1.165) is 5.56 Å². The Hall–Kier alpha value is -2.62. The summed E-state index contributed by atoms with van der Waals surface area (Å²) in [5, 5.41) is 58.2. The molecule has 2 aromatic carbocycles. The van der Waals surface area contributed by atoms with Crippen LogP contribution in [-0.4, -0.2) is 68.0 Å². The molecule has 1 heterocycles. The number of ether oxygens (including phenoxy) is 2. The molecule has 150 valence electrons. The summed E-state index contributed by atoms with van der Waals surface area (Å²) in [7, 11) is 0. The third-order valence-corrected chi connectivity index (χ3v) is 4.38. The Morgan fingerprint density at radius 3 is 2.18 bits per heavy atom. The predicted octanol–water partition coefficient (Wildman–Crippen LogP) is 0.447. The van der Waals surface area contributed by atoms with Crippen LogP contribution in [0.25, 0.3) is 12.2 Å². The van der Waals surface area contributed by atoms with Crippen molar-refractivity contribution < 1.29 is 40.1 Å². The molecule has 0 spiro atoms. The molecule has 0 saturated carbocycles. The third kappa shape index (κ3) is 4.61. The van der Waals surface area contributed by atoms with Gasteiger partial charge in [0.05, 0.1) is 6.61 Å². The number of benzene rings is 2. The molecule has 0 radical (unpaired) electrons. The van der Waals surface area contributed by atoms with Crippen molar-refractivity contribution in [2.75, 3.05) is 6.61 Å². The van der Waals surface area contributed by atoms with Crippen LogP contribution in [0.3, 0.4) is 0 Å². The Morgan fingerprint density at radius 2 is 1.50 bits per heavy atom. The normalized spacial score (nSPS) is 27.8. The molecule has 1 aliphatic rings. The van der Waals surface area contributed by atoms with E-state index >= 15 is 0 Å². The van der Waals surface area contributed by atoms with Gasteiger partial charge in [-0.15, -0.1) is 0 Å². The van der Waals surface area contributed by atoms with Gasteiger partial charge in [0.2, 0.25) is 6.29 Å². The summed E-state index contributed by atoms with van der Waals surface area (Å²) >= 11 is 0. The fraction of sp³-hybridized carbons (Fsp3) is 0.300. The van der Waals surface area contributed by atoms with E-state index < -0.39 is 37.3 Å². The van der Waals surface area contributed by atoms with Gasteiger partial charge in [-0.25, -0.2) is 0 Å². The van der Waals surface area contributed by atoms with E-state index in [2.05, 4.69) is 0 Å². The molecule has 1 saturated heterocycles. The molecule has 28 heavy (non-hydrogen) atoms. The van der Waals surface area contributed by atoms with Gasteiger partial charge in [-0.3, -0.25) is 0 Å². The van der Waals surface area contributed by atoms with Crippen LogP contribution in [0.1, 0.15) is 11.1 Å². The Bertz CT molecular complexity index is 817. The summed E-state index contributed by atoms with van der Waals surface area (Å²) in [6, 6.07) is 10.9. The van der Waals surface area contributed by atoms with Crippen molar-refractivity contribution in [3.05, 3.63) is 53.6 Å². The number of aromatic hydroxyl groups is 2. The van der Waals surface area contributed by atoms with Crippen LogP contribution in [-0.2, 0) is 4.74 Å². The molecule has 0 amide bonds. The Morgan fingerprint density at radius 1 is 0.821 bits per heavy atom. The van der Waals surface area contributed by atoms with Gasteiger partial charge in [0.1, 0.15) is 41.7 Å². The first-order valence-electron chi connectivity index (χ1n) is 8.65. The SMILES string of the molecule is OC[C@H]1OC(Oc2cc(O)cc(C=Cc3ccc(O)cc3)c2)[C@H](O)[C@@H](O)[C@@H]1O. The maximum absolute atomic E-state index is 10.1. The number of rotatable bonds is 5. The monoisotopic (exact) mass is 390 g/mol. The van der Waals surface area contributed by atoms with Gasteiger partial charge in [-0.05, 0) is 35.4 Å². The van der Waals surface area contributed by atoms with E-state index in [1.807, 2.05) is 0 Å². The fourth-order valence-electron chi connectivity index (χ4n) is 2.85. The van der Waals surface area contributed by atoms with Gasteiger partial charge < -0.3 is 40.1 Å². The summed E-state index contributed by atoms with van der Waals surface area (Å²) in [5.74, 6) is 0.229. The minimum atomic E-state index is -1.55. The lowest BCUT2D eigenvalue weighted by atomic mass is 9.99. The molecule has 8 heteroatoms. The van der Waals surface area contributed by atoms with Crippen LogP contribution in [0, 0.1) is 0 Å². The quantitative estimate of drug-likeness (QED) is 0.405. The number of hydrogen-bond acceptors (Lipinski definition) is 8. The van der Waals surface area contributed by atoms with Crippen LogP contribution in [0.2, 0.25) is 0 Å². The van der Waals surface area contributed by atoms with Gasteiger partial charge in [0.15, 0.2) is 0 Å². The zero-order valence-corrected chi connectivity index (χ0v) is 14.8. The van der Waals surface area contributed by atoms with E-state index in [-0.39, 0.29) is 17.2 Å². The topological polar surface area (TPSA) is 140 Å². The summed E-state index contributed by atoms with van der Waals surface area (Å²) in [6.07, 6.45) is -3.52. The minimum Gasteiger partial charge on any atom is -0.508 e. The van der Waals surface area contributed by atoms with Gasteiger partial charge in [0, 0.05) is 6.07 Å². The van der Waals surface area contributed by atoms with Crippen LogP contribution >= 0.6 is 0 Å². The molecule has 2 aromatic rings. The fourth-order valence-corrected chi connectivity index (χ4v) is 2.85. The highest BCUT2D eigenvalue weighted by Crippen LogP contribution is 2.28. The molecule has 0 aliphatic carbocycles. The standard InChI is InChI=1S/C20H22O8/c21-10-16-17(24)18(25)19(26)20(28-16)27-15-8-12(7-14(23)9-15)2-1-11-3-5-13(22)6-4-11/h1-9,16-26H,10H2/t16-,17-,18+,19-,20?/m1/s1. The molecule has 1 aliphatic heterocycles. The number of aliphatic hydroxyl groups excluding tert-OH is 4. The van der Waals surface area contributed by atoms with Crippen LogP contribution < -0.4 is 4.74 Å². The molecule has 1 fully saturated rings. The number of phenolic OH excluding ortho intramolecular Hbond substituents is 2. The Balaban J connectivity index is 1.76. The second-order valence-electron chi connectivity index (χ2n) is 6.50. The maximum Gasteiger partial charge on any atom is 0.229 e. The van der Waals surface area contributed by atoms with Crippen LogP contribution in [0.5, 0.6) is 17.2 Å². The van der Waals surface area contributed by atoms with Crippen LogP contribution in [0.15, 0.2) is 42.5 Å². The van der Waals surface area contributed by atoms with E-state index in [1.165, 1.54) is 12.1 Å². The predicted molar refractivity (Wildman–Crippen MR) is 99.5 cm³/mol. The van der Waals surface area contributed by atoms with Crippen LogP contribution in [0.4, 0.5) is 0 Å². The van der Waals surface area contributed by atoms with Gasteiger partial charge in [-0.1, -0.05) is 24.3 Å². The molecular formula is C20H22O8. The summed E-state index contributed by atoms with van der Waals surface area (Å²) in [4.78, 5) is 0. The largest absolute Gasteiger partial charge is 0.508 e. The smallest absolute Gasteiger partial charge is 0.229 e. The highest BCUT2D eigenvalue weighted by Gasteiger charge is 2.44. The van der Waals surface area contributed by atoms with Crippen molar-refractivity contribution in [2.45, 2.75) is 30.7 Å². The minimum absolute atomic E-state index is 0.0903. The molecule has 6 N–H and O–H groups in total. The molecule has 8 nitrogen and oxygen atoms in total. The first kappa shape index (κ1) is 20.1. The van der Waals surface area contributed by atoms with Gasteiger partial charge >= 0.3 is 0 Å². The van der Waals surface area contributed by atoms with E-state index in [9.17, 15) is 30.6 Å². The van der Waals surface area contributed by atoms with Gasteiger partial charge in [-0.2, -0.15) is 0 Å². The Labute approximate surface area is 161 Å². The average molecular weight is 390 g/mol. The van der Waals surface area contributed by atoms with Crippen molar-refractivity contribution in [1.82, 2.24) is 0 Å². The highest BCUT2D eigenvalue weighted by atomic mass is 16.7. The van der Waals surface area contributed by atoms with E-state index in [1.54, 1.807) is 42.5 Å². The Kier molecular flexibility index (Phi) is 6.18. The number of phenols is 2. The molecule has 0 bridgehead atoms. The maximum atomic E-state index is 10.1. The summed E-state index contributed by atoms with van der Waals surface area (Å²) < 4.78 is 10.8. The summed E-state index contributed by atoms with van der Waals surface area (Å²) in [5.41, 5.74) is 1.42. The molecule has 1 unspecified atom stereocenters. The zero-order valence-electron chi connectivity index (χ0n) is 14.8. The zero-order chi connectivity index (χ0) is 20.3. The van der Waals surface area contributed by atoms with Gasteiger partial charge in [0.25, 0.3) is 0 Å². The number of aliphatic hydroxyl groups is 4. The molecule has 3 rings (SSSR count). The lowest BCUT2D eigenvalue weighted by Gasteiger charge is -2.39. The highest BCUT2D eigenvalue weighted by molar-refractivity contribution is 5.71. The number of hydrogen-bond donors (Lipinski definition) is 6. The first-order chi connectivity index (χ1) is 13.4. The van der Waals surface area contributed by atoms with Crippen molar-refractivity contribution in [1.29, 1.82) is 0 Å². The lowest BCUT2D eigenvalue weighted by molar-refractivity contribution is -0.277. The second kappa shape index (κ2) is 8.59. The van der Waals surface area contributed by atoms with Crippen molar-refractivity contribution >= 4 is 12.2 Å². The second-order valence-corrected chi connectivity index (χ2v) is 6.50. The van der Waals surface area contributed by atoms with Crippen molar-refractivity contribution in [2.24, 2.45) is 0 Å². The summed E-state index contributed by atoms with van der Waals surface area (Å²) in [6.45, 7) is -0.564. The van der Waals surface area contributed by atoms with Crippen molar-refractivity contribution in [3.8, 4) is 17.2 Å². The average Bonchev–Trinajstić information content (AvgIpc) is 2.67. The van der Waals surface area contributed by atoms with E-state index in [4.69, 9.17) is 9.47 Å². The third-order valence-electron chi connectivity index (χ3n) is 4.38. The lowest BCUT2D eigenvalue weighted by Crippen LogP contribution is -2.60. The first-order valence-corrected chi connectivity index (χ1v) is 8.65. The van der Waals surface area contributed by atoms with E-state index in [0.29, 0.717) is 5.56 Å². The molecule has 0 aromatic heterocycles.